The maximum Gasteiger partial charge on any atom is 0.272 e. The van der Waals surface area contributed by atoms with E-state index in [4.69, 9.17) is 0 Å². The number of nitrogens with one attached hydrogen (secondary N) is 2. The van der Waals surface area contributed by atoms with Crippen LogP contribution in [0.1, 0.15) is 34.4 Å². The van der Waals surface area contributed by atoms with Crippen LogP contribution in [0.4, 0.5) is 0 Å². The van der Waals surface area contributed by atoms with Crippen LogP contribution in [0.25, 0.3) is 10.2 Å². The second-order valence-electron chi connectivity index (χ2n) is 5.94. The summed E-state index contributed by atoms with van der Waals surface area (Å²) in [4.78, 5) is 16.8. The molecular weight excluding hydrogens is 322 g/mol. The molecule has 124 valence electrons. The molecule has 3 aromatic rings. The number of amides is 1. The van der Waals surface area contributed by atoms with Crippen molar-refractivity contribution >= 4 is 27.5 Å². The molecule has 1 fully saturated rings. The molecule has 1 amide bonds. The summed E-state index contributed by atoms with van der Waals surface area (Å²) in [6, 6.07) is 10.1. The van der Waals surface area contributed by atoms with Crippen molar-refractivity contribution in [2.45, 2.75) is 25.4 Å². The van der Waals surface area contributed by atoms with Gasteiger partial charge in [0.05, 0.1) is 22.8 Å². The lowest BCUT2D eigenvalue weighted by Gasteiger charge is -2.22. The van der Waals surface area contributed by atoms with Gasteiger partial charge in [-0.25, -0.2) is 4.98 Å². The molecule has 4 rings (SSSR count). The van der Waals surface area contributed by atoms with E-state index in [1.165, 1.54) is 0 Å². The Kier molecular flexibility index (Phi) is 4.27. The molecule has 0 radical (unpaired) electrons. The van der Waals surface area contributed by atoms with Gasteiger partial charge in [-0.1, -0.05) is 12.1 Å². The minimum atomic E-state index is -0.156. The number of aromatic nitrogens is 3. The van der Waals surface area contributed by atoms with Gasteiger partial charge in [-0.2, -0.15) is 5.10 Å². The molecular formula is C17H19N5OS. The van der Waals surface area contributed by atoms with Crippen molar-refractivity contribution in [2.75, 3.05) is 13.1 Å². The van der Waals surface area contributed by atoms with Crippen molar-refractivity contribution in [1.82, 2.24) is 25.4 Å². The Morgan fingerprint density at radius 3 is 3.12 bits per heavy atom. The summed E-state index contributed by atoms with van der Waals surface area (Å²) in [6.07, 6.45) is 4.13. The van der Waals surface area contributed by atoms with Crippen molar-refractivity contribution in [3.05, 3.63) is 47.2 Å². The van der Waals surface area contributed by atoms with Gasteiger partial charge in [0.1, 0.15) is 10.7 Å². The standard InChI is InChI=1S/C17H19N5OS/c23-17(14-7-9-22(21-14)12-4-3-8-18-10-12)19-11-16-20-13-5-1-2-6-15(13)24-16/h1-2,5-7,9,12,18H,3-4,8,10-11H2,(H,19,23). The zero-order chi connectivity index (χ0) is 16.4. The number of thiazole rings is 1. The van der Waals surface area contributed by atoms with Crippen LogP contribution < -0.4 is 10.6 Å². The quantitative estimate of drug-likeness (QED) is 0.764. The topological polar surface area (TPSA) is 71.8 Å². The minimum absolute atomic E-state index is 0.156. The van der Waals surface area contributed by atoms with Gasteiger partial charge < -0.3 is 10.6 Å². The molecule has 0 saturated carbocycles. The van der Waals surface area contributed by atoms with Crippen LogP contribution in [0.3, 0.4) is 0 Å². The highest BCUT2D eigenvalue weighted by molar-refractivity contribution is 7.18. The molecule has 7 heteroatoms. The number of hydrogen-bond acceptors (Lipinski definition) is 5. The number of hydrogen-bond donors (Lipinski definition) is 2. The van der Waals surface area contributed by atoms with E-state index < -0.39 is 0 Å². The maximum absolute atomic E-state index is 12.3. The first-order valence-corrected chi connectivity index (χ1v) is 9.00. The van der Waals surface area contributed by atoms with E-state index in [-0.39, 0.29) is 5.91 Å². The summed E-state index contributed by atoms with van der Waals surface area (Å²) in [6.45, 7) is 2.40. The Bertz CT molecular complexity index is 816. The summed E-state index contributed by atoms with van der Waals surface area (Å²) in [5.41, 5.74) is 1.43. The molecule has 24 heavy (non-hydrogen) atoms. The van der Waals surface area contributed by atoms with E-state index >= 15 is 0 Å². The second-order valence-corrected chi connectivity index (χ2v) is 7.05. The molecule has 1 saturated heterocycles. The fourth-order valence-corrected chi connectivity index (χ4v) is 3.87. The predicted molar refractivity (Wildman–Crippen MR) is 94.2 cm³/mol. The number of carbonyl (C=O) groups is 1. The third kappa shape index (κ3) is 3.18. The molecule has 1 atom stereocenters. The summed E-state index contributed by atoms with van der Waals surface area (Å²) in [5.74, 6) is -0.156. The van der Waals surface area contributed by atoms with Gasteiger partial charge >= 0.3 is 0 Å². The molecule has 0 spiro atoms. The Balaban J connectivity index is 1.39. The smallest absolute Gasteiger partial charge is 0.272 e. The van der Waals surface area contributed by atoms with E-state index in [2.05, 4.69) is 20.7 Å². The zero-order valence-electron chi connectivity index (χ0n) is 13.2. The largest absolute Gasteiger partial charge is 0.344 e. The highest BCUT2D eigenvalue weighted by Gasteiger charge is 2.17. The summed E-state index contributed by atoms with van der Waals surface area (Å²) >= 11 is 1.60. The lowest BCUT2D eigenvalue weighted by atomic mass is 10.1. The van der Waals surface area contributed by atoms with Crippen molar-refractivity contribution in [2.24, 2.45) is 0 Å². The van der Waals surface area contributed by atoms with Crippen LogP contribution in [-0.2, 0) is 6.54 Å². The molecule has 1 unspecified atom stereocenters. The van der Waals surface area contributed by atoms with Crippen LogP contribution in [0.5, 0.6) is 0 Å². The van der Waals surface area contributed by atoms with Gasteiger partial charge in [-0.15, -0.1) is 11.3 Å². The third-order valence-electron chi connectivity index (χ3n) is 4.22. The fraction of sp³-hybridized carbons (Fsp3) is 0.353. The number of rotatable bonds is 4. The Labute approximate surface area is 143 Å². The predicted octanol–water partition coefficient (Wildman–Crippen LogP) is 2.35. The third-order valence-corrected chi connectivity index (χ3v) is 5.26. The summed E-state index contributed by atoms with van der Waals surface area (Å²) < 4.78 is 3.04. The first-order chi connectivity index (χ1) is 11.8. The average Bonchev–Trinajstić information content (AvgIpc) is 3.27. The first-order valence-electron chi connectivity index (χ1n) is 8.18. The van der Waals surface area contributed by atoms with Gasteiger partial charge in [0, 0.05) is 12.7 Å². The van der Waals surface area contributed by atoms with Crippen LogP contribution in [-0.4, -0.2) is 33.8 Å². The van der Waals surface area contributed by atoms with Crippen LogP contribution >= 0.6 is 11.3 Å². The van der Waals surface area contributed by atoms with Crippen molar-refractivity contribution in [3.63, 3.8) is 0 Å². The normalized spacial score (nSPS) is 17.9. The van der Waals surface area contributed by atoms with Gasteiger partial charge in [-0.3, -0.25) is 9.48 Å². The van der Waals surface area contributed by atoms with Crippen LogP contribution in [0.15, 0.2) is 36.5 Å². The molecule has 2 aromatic heterocycles. The Hall–Kier alpha value is -2.25. The molecule has 3 heterocycles. The van der Waals surface area contributed by atoms with E-state index in [0.29, 0.717) is 18.3 Å². The maximum atomic E-state index is 12.3. The zero-order valence-corrected chi connectivity index (χ0v) is 14.1. The fourth-order valence-electron chi connectivity index (χ4n) is 2.96. The van der Waals surface area contributed by atoms with Gasteiger partial charge in [0.25, 0.3) is 5.91 Å². The lowest BCUT2D eigenvalue weighted by molar-refractivity contribution is 0.0944. The van der Waals surface area contributed by atoms with Gasteiger partial charge in [-0.05, 0) is 37.6 Å². The number of carbonyl (C=O) groups excluding carboxylic acids is 1. The molecule has 1 aliphatic heterocycles. The Morgan fingerprint density at radius 2 is 2.29 bits per heavy atom. The van der Waals surface area contributed by atoms with E-state index in [0.717, 1.165) is 41.2 Å². The first kappa shape index (κ1) is 15.3. The number of fused-ring (bicyclic) bond motifs is 1. The highest BCUT2D eigenvalue weighted by Crippen LogP contribution is 2.21. The molecule has 1 aromatic carbocycles. The number of benzene rings is 1. The van der Waals surface area contributed by atoms with Crippen molar-refractivity contribution < 1.29 is 4.79 Å². The van der Waals surface area contributed by atoms with E-state index in [1.54, 1.807) is 17.4 Å². The molecule has 6 nitrogen and oxygen atoms in total. The molecule has 1 aliphatic rings. The van der Waals surface area contributed by atoms with E-state index in [1.807, 2.05) is 35.1 Å². The van der Waals surface area contributed by atoms with Crippen molar-refractivity contribution in [3.8, 4) is 0 Å². The molecule has 0 bridgehead atoms. The SMILES string of the molecule is O=C(NCc1nc2ccccc2s1)c1ccn(C2CCCNC2)n1. The summed E-state index contributed by atoms with van der Waals surface area (Å²) in [5, 5.41) is 11.6. The number of para-hydroxylation sites is 1. The highest BCUT2D eigenvalue weighted by atomic mass is 32.1. The molecule has 2 N–H and O–H groups in total. The van der Waals surface area contributed by atoms with E-state index in [9.17, 15) is 4.79 Å². The second kappa shape index (κ2) is 6.70. The summed E-state index contributed by atoms with van der Waals surface area (Å²) in [7, 11) is 0. The number of nitrogens with zero attached hydrogens (tertiary/aromatic N) is 3. The monoisotopic (exact) mass is 341 g/mol. The number of piperidine rings is 1. The van der Waals surface area contributed by atoms with Crippen LogP contribution in [0.2, 0.25) is 0 Å². The Morgan fingerprint density at radius 1 is 1.38 bits per heavy atom. The minimum Gasteiger partial charge on any atom is -0.344 e. The average molecular weight is 341 g/mol. The molecule has 0 aliphatic carbocycles. The van der Waals surface area contributed by atoms with Crippen LogP contribution in [0, 0.1) is 0 Å². The lowest BCUT2D eigenvalue weighted by Crippen LogP contribution is -2.32. The van der Waals surface area contributed by atoms with Gasteiger partial charge in [0.2, 0.25) is 0 Å². The van der Waals surface area contributed by atoms with Gasteiger partial charge in [0.15, 0.2) is 0 Å². The van der Waals surface area contributed by atoms with Crippen molar-refractivity contribution in [1.29, 1.82) is 0 Å².